The fourth-order valence-electron chi connectivity index (χ4n) is 9.93. The number of fused-ring (bicyclic) bond motifs is 14. The lowest BCUT2D eigenvalue weighted by Crippen LogP contribution is -2.26. The van der Waals surface area contributed by atoms with Gasteiger partial charge in [0, 0.05) is 16.7 Å². The van der Waals surface area contributed by atoms with Crippen LogP contribution in [0.5, 0.6) is 0 Å². The van der Waals surface area contributed by atoms with Crippen molar-refractivity contribution in [3.8, 4) is 67.3 Å². The topological polar surface area (TPSA) is 25.8 Å². The van der Waals surface area contributed by atoms with E-state index in [1.165, 1.54) is 71.6 Å². The summed E-state index contributed by atoms with van der Waals surface area (Å²) < 4.78 is 0. The maximum absolute atomic E-state index is 5.21. The Hall–Kier alpha value is -7.42. The van der Waals surface area contributed by atoms with Crippen molar-refractivity contribution in [3.63, 3.8) is 0 Å². The van der Waals surface area contributed by atoms with Gasteiger partial charge in [0.15, 0.2) is 5.82 Å². The normalized spacial score (nSPS) is 13.1. The molecule has 264 valence electrons. The standard InChI is InChI=1S/C55H34N2/c1-3-17-36(18-4-1)50-34-51(57-54(56-50)37-19-5-2-6-20-37)39-22-15-21-38(32-39)46-33-49-52(44-27-10-9-24-41(44)46)45-31-30-35-16-7-8-23-40(35)53(45)55(49)47-28-13-11-25-42(47)43-26-12-14-29-48(43)55/h1-34H. The lowest BCUT2D eigenvalue weighted by atomic mass is 9.69. The SMILES string of the molecule is c1ccc(-c2cc(-c3cccc(-c4cc5c(c6ccccc46)-c4ccc6ccccc6c4C54c5ccccc5-c5ccccc54)c3)nc(-c3ccccc3)n2)cc1. The molecule has 0 N–H and O–H groups in total. The first kappa shape index (κ1) is 31.9. The Kier molecular flexibility index (Phi) is 6.88. The third kappa shape index (κ3) is 4.59. The maximum atomic E-state index is 5.21. The van der Waals surface area contributed by atoms with E-state index >= 15 is 0 Å². The average molecular weight is 723 g/mol. The molecule has 0 unspecified atom stereocenters. The molecule has 57 heavy (non-hydrogen) atoms. The molecule has 1 spiro atoms. The minimum atomic E-state index is -0.489. The van der Waals surface area contributed by atoms with Crippen molar-refractivity contribution in [3.05, 3.63) is 229 Å². The fraction of sp³-hybridized carbons (Fsp3) is 0.0182. The van der Waals surface area contributed by atoms with E-state index in [1.54, 1.807) is 0 Å². The summed E-state index contributed by atoms with van der Waals surface area (Å²) in [6, 6.07) is 75.1. The van der Waals surface area contributed by atoms with Crippen molar-refractivity contribution in [2.45, 2.75) is 5.41 Å². The summed E-state index contributed by atoms with van der Waals surface area (Å²) in [4.78, 5) is 10.3. The first-order valence-corrected chi connectivity index (χ1v) is 19.7. The highest BCUT2D eigenvalue weighted by atomic mass is 14.9. The summed E-state index contributed by atoms with van der Waals surface area (Å²) in [5, 5.41) is 5.07. The number of hydrogen-bond donors (Lipinski definition) is 0. The van der Waals surface area contributed by atoms with E-state index in [4.69, 9.17) is 9.97 Å². The van der Waals surface area contributed by atoms with Crippen LogP contribution in [-0.2, 0) is 5.41 Å². The van der Waals surface area contributed by atoms with E-state index in [-0.39, 0.29) is 0 Å². The Morgan fingerprint density at radius 1 is 0.316 bits per heavy atom. The van der Waals surface area contributed by atoms with Gasteiger partial charge in [-0.1, -0.05) is 188 Å². The van der Waals surface area contributed by atoms with Gasteiger partial charge in [0.1, 0.15) is 0 Å². The van der Waals surface area contributed by atoms with E-state index in [0.717, 1.165) is 33.6 Å². The van der Waals surface area contributed by atoms with Crippen LogP contribution in [0.4, 0.5) is 0 Å². The first-order chi connectivity index (χ1) is 28.3. The van der Waals surface area contributed by atoms with Crippen LogP contribution in [0.1, 0.15) is 22.3 Å². The molecule has 1 heterocycles. The lowest BCUT2D eigenvalue weighted by Gasteiger charge is -2.32. The van der Waals surface area contributed by atoms with Crippen LogP contribution in [0.2, 0.25) is 0 Å². The zero-order valence-electron chi connectivity index (χ0n) is 31.0. The van der Waals surface area contributed by atoms with Crippen molar-refractivity contribution in [1.29, 1.82) is 0 Å². The molecule has 0 saturated carbocycles. The van der Waals surface area contributed by atoms with Crippen LogP contribution in [0.15, 0.2) is 206 Å². The van der Waals surface area contributed by atoms with Crippen LogP contribution in [-0.4, -0.2) is 9.97 Å². The molecule has 0 amide bonds. The zero-order valence-corrected chi connectivity index (χ0v) is 31.0. The van der Waals surface area contributed by atoms with Gasteiger partial charge in [-0.2, -0.15) is 0 Å². The van der Waals surface area contributed by atoms with Gasteiger partial charge in [0.05, 0.1) is 16.8 Å². The third-order valence-electron chi connectivity index (χ3n) is 12.3. The first-order valence-electron chi connectivity index (χ1n) is 19.7. The Morgan fingerprint density at radius 3 is 1.61 bits per heavy atom. The number of nitrogens with zero attached hydrogens (tertiary/aromatic N) is 2. The second kappa shape index (κ2) is 12.3. The second-order valence-corrected chi connectivity index (χ2v) is 15.2. The van der Waals surface area contributed by atoms with Crippen LogP contribution < -0.4 is 0 Å². The average Bonchev–Trinajstić information content (AvgIpc) is 3.77. The fourth-order valence-corrected chi connectivity index (χ4v) is 9.93. The summed E-state index contributed by atoms with van der Waals surface area (Å²) in [5.41, 5.74) is 17.5. The number of hydrogen-bond acceptors (Lipinski definition) is 2. The Balaban J connectivity index is 1.14. The van der Waals surface area contributed by atoms with Gasteiger partial charge in [0.25, 0.3) is 0 Å². The summed E-state index contributed by atoms with van der Waals surface area (Å²) >= 11 is 0. The Morgan fingerprint density at radius 2 is 0.877 bits per heavy atom. The maximum Gasteiger partial charge on any atom is 0.160 e. The number of aromatic nitrogens is 2. The van der Waals surface area contributed by atoms with Gasteiger partial charge in [-0.05, 0) is 95.4 Å². The molecular formula is C55H34N2. The minimum Gasteiger partial charge on any atom is -0.228 e. The molecule has 1 aromatic heterocycles. The highest BCUT2D eigenvalue weighted by molar-refractivity contribution is 6.14. The molecule has 0 bridgehead atoms. The molecule has 2 aliphatic carbocycles. The van der Waals surface area contributed by atoms with Crippen LogP contribution >= 0.6 is 0 Å². The molecule has 0 saturated heterocycles. The molecule has 2 heteroatoms. The third-order valence-corrected chi connectivity index (χ3v) is 12.3. The summed E-state index contributed by atoms with van der Waals surface area (Å²) in [6.07, 6.45) is 0. The van der Waals surface area contributed by atoms with E-state index < -0.39 is 5.41 Å². The summed E-state index contributed by atoms with van der Waals surface area (Å²) in [5.74, 6) is 0.714. The van der Waals surface area contributed by atoms with Crippen molar-refractivity contribution >= 4 is 21.5 Å². The molecule has 0 atom stereocenters. The molecule has 10 aromatic rings. The second-order valence-electron chi connectivity index (χ2n) is 15.2. The van der Waals surface area contributed by atoms with E-state index in [2.05, 4.69) is 182 Å². The summed E-state index contributed by atoms with van der Waals surface area (Å²) in [7, 11) is 0. The predicted molar refractivity (Wildman–Crippen MR) is 235 cm³/mol. The molecule has 2 aliphatic rings. The van der Waals surface area contributed by atoms with Crippen molar-refractivity contribution in [1.82, 2.24) is 9.97 Å². The highest BCUT2D eigenvalue weighted by Gasteiger charge is 2.53. The molecule has 0 aliphatic heterocycles. The van der Waals surface area contributed by atoms with Crippen LogP contribution in [0.3, 0.4) is 0 Å². The molecule has 2 nitrogen and oxygen atoms in total. The zero-order chi connectivity index (χ0) is 37.5. The highest BCUT2D eigenvalue weighted by Crippen LogP contribution is 2.65. The van der Waals surface area contributed by atoms with Crippen LogP contribution in [0, 0.1) is 0 Å². The van der Waals surface area contributed by atoms with Gasteiger partial charge in [-0.15, -0.1) is 0 Å². The Labute approximate surface area is 331 Å². The van der Waals surface area contributed by atoms with E-state index in [0.29, 0.717) is 5.82 Å². The Bertz CT molecular complexity index is 3130. The van der Waals surface area contributed by atoms with Gasteiger partial charge in [-0.3, -0.25) is 0 Å². The van der Waals surface area contributed by atoms with E-state index in [9.17, 15) is 0 Å². The summed E-state index contributed by atoms with van der Waals surface area (Å²) in [6.45, 7) is 0. The molecule has 9 aromatic carbocycles. The van der Waals surface area contributed by atoms with Crippen molar-refractivity contribution in [2.24, 2.45) is 0 Å². The number of rotatable bonds is 4. The van der Waals surface area contributed by atoms with Gasteiger partial charge in [-0.25, -0.2) is 9.97 Å². The molecular weight excluding hydrogens is 689 g/mol. The quantitative estimate of drug-likeness (QED) is 0.181. The van der Waals surface area contributed by atoms with Crippen LogP contribution in [0.25, 0.3) is 88.8 Å². The van der Waals surface area contributed by atoms with Gasteiger partial charge < -0.3 is 0 Å². The predicted octanol–water partition coefficient (Wildman–Crippen LogP) is 13.8. The minimum absolute atomic E-state index is 0.489. The molecule has 12 rings (SSSR count). The molecule has 0 fully saturated rings. The molecule has 0 radical (unpaired) electrons. The van der Waals surface area contributed by atoms with Crippen molar-refractivity contribution < 1.29 is 0 Å². The van der Waals surface area contributed by atoms with Gasteiger partial charge >= 0.3 is 0 Å². The van der Waals surface area contributed by atoms with E-state index in [1.807, 2.05) is 24.3 Å². The smallest absolute Gasteiger partial charge is 0.160 e. The largest absolute Gasteiger partial charge is 0.228 e. The lowest BCUT2D eigenvalue weighted by molar-refractivity contribution is 0.802. The monoisotopic (exact) mass is 722 g/mol. The number of benzene rings is 9. The van der Waals surface area contributed by atoms with Gasteiger partial charge in [0.2, 0.25) is 0 Å². The van der Waals surface area contributed by atoms with Crippen molar-refractivity contribution in [2.75, 3.05) is 0 Å².